The van der Waals surface area contributed by atoms with Gasteiger partial charge in [0.2, 0.25) is 82.7 Å². The van der Waals surface area contributed by atoms with Gasteiger partial charge in [-0.3, -0.25) is 77.9 Å². The van der Waals surface area contributed by atoms with Gasteiger partial charge in [0.15, 0.2) is 11.9 Å². The number of guanidine groups is 2. The number of carbonyl (C=O) groups excluding carboxylic acids is 14. The maximum absolute atomic E-state index is 15.4. The van der Waals surface area contributed by atoms with E-state index in [0.29, 0.717) is 22.4 Å². The highest BCUT2D eigenvalue weighted by Gasteiger charge is 2.39. The minimum atomic E-state index is -1.86. The lowest BCUT2D eigenvalue weighted by atomic mass is 9.99. The molecule has 8 rings (SSSR count). The van der Waals surface area contributed by atoms with E-state index in [1.807, 2.05) is 30.3 Å². The number of likely N-dealkylation sites (N-methyl/N-ethyl adjacent to an activating group) is 1. The smallest absolute Gasteiger partial charge is 0.245 e. The number of phenols is 1. The fourth-order valence-corrected chi connectivity index (χ4v) is 14.0. The van der Waals surface area contributed by atoms with E-state index in [0.717, 1.165) is 27.8 Å². The highest BCUT2D eigenvalue weighted by Crippen LogP contribution is 2.22. The number of imidazole rings is 3. The Bertz CT molecular complexity index is 4800. The lowest BCUT2D eigenvalue weighted by molar-refractivity contribution is -0.143. The fraction of sp³-hybridized carbons (Fsp3) is 0.395. The Labute approximate surface area is 717 Å². The molecule has 0 radical (unpaired) electrons. The number of phenolic OH excluding ortho intramolecular Hbond substituents is 1. The molecule has 124 heavy (non-hydrogen) atoms. The van der Waals surface area contributed by atoms with Gasteiger partial charge in [-0.25, -0.2) is 15.0 Å². The first kappa shape index (κ1) is 95.2. The number of aliphatic hydroxyl groups excluding tert-OH is 1. The summed E-state index contributed by atoms with van der Waals surface area (Å²) < 4.78 is 1.53. The number of aromatic hydroxyl groups is 1. The van der Waals surface area contributed by atoms with Crippen molar-refractivity contribution in [2.24, 2.45) is 24.2 Å². The summed E-state index contributed by atoms with van der Waals surface area (Å²) in [5.41, 5.74) is 20.6. The van der Waals surface area contributed by atoms with Crippen LogP contribution in [-0.4, -0.2) is 257 Å². The van der Waals surface area contributed by atoms with E-state index in [4.69, 9.17) is 28.0 Å². The number of nitrogens with one attached hydrogen (secondary N) is 18. The summed E-state index contributed by atoms with van der Waals surface area (Å²) in [4.78, 5) is 223. The van der Waals surface area contributed by atoms with E-state index in [2.05, 4.69) is 99.4 Å². The molecule has 1 aliphatic rings. The van der Waals surface area contributed by atoms with Crippen LogP contribution < -0.4 is 91.6 Å². The van der Waals surface area contributed by atoms with Gasteiger partial charge in [-0.2, -0.15) is 0 Å². The van der Waals surface area contributed by atoms with Crippen molar-refractivity contribution in [3.8, 4) is 16.9 Å². The number of aromatic nitrogens is 6. The number of primary amides is 1. The molecule has 43 heteroatoms. The van der Waals surface area contributed by atoms with Gasteiger partial charge in [0.25, 0.3) is 0 Å². The van der Waals surface area contributed by atoms with Crippen LogP contribution in [0, 0.1) is 10.8 Å². The van der Waals surface area contributed by atoms with E-state index in [9.17, 15) is 48.6 Å². The molecule has 0 bridgehead atoms. The molecule has 1 saturated heterocycles. The van der Waals surface area contributed by atoms with Crippen LogP contribution in [0.3, 0.4) is 0 Å². The molecule has 42 nitrogen and oxygen atoms in total. The number of aliphatic hydroxyl groups is 1. The predicted octanol–water partition coefficient (Wildman–Crippen LogP) is -4.94. The summed E-state index contributed by atoms with van der Waals surface area (Å²) in [6.07, 6.45) is 5.88. The van der Waals surface area contributed by atoms with Crippen molar-refractivity contribution in [2.45, 2.75) is 144 Å². The highest BCUT2D eigenvalue weighted by molar-refractivity contribution is 8.00. The van der Waals surface area contributed by atoms with Crippen LogP contribution in [0.15, 0.2) is 147 Å². The molecule has 1 fully saturated rings. The first-order valence-electron chi connectivity index (χ1n) is 39.8. The number of hydrogen-bond donors (Lipinski definition) is 23. The van der Waals surface area contributed by atoms with E-state index < -0.39 is 199 Å². The summed E-state index contributed by atoms with van der Waals surface area (Å²) in [5.74, 6) is -15.7. The number of nitrogens with zero attached hydrogens (tertiary/aromatic N) is 5. The lowest BCUT2D eigenvalue weighted by Crippen LogP contribution is -2.61. The van der Waals surface area contributed by atoms with Crippen LogP contribution in [0.25, 0.3) is 11.1 Å². The number of nitrogens with two attached hydrogens (primary N) is 3. The molecule has 1 aliphatic heterocycles. The number of H-pyrrole nitrogens is 2. The van der Waals surface area contributed by atoms with Crippen molar-refractivity contribution in [3.05, 3.63) is 181 Å². The molecule has 4 heterocycles. The Hall–Kier alpha value is -14.3. The average molecular weight is 1730 g/mol. The van der Waals surface area contributed by atoms with Crippen molar-refractivity contribution in [2.75, 3.05) is 51.3 Å². The van der Waals surface area contributed by atoms with Crippen molar-refractivity contribution in [1.29, 1.82) is 10.8 Å². The second-order valence-corrected chi connectivity index (χ2v) is 30.3. The average Bonchev–Trinajstić information content (AvgIpc) is 1.00. The number of amides is 14. The highest BCUT2D eigenvalue weighted by atomic mass is 32.2. The van der Waals surface area contributed by atoms with Gasteiger partial charge < -0.3 is 121 Å². The lowest BCUT2D eigenvalue weighted by Gasteiger charge is -2.33. The van der Waals surface area contributed by atoms with Crippen LogP contribution in [0.1, 0.15) is 72.8 Å². The molecule has 4 aromatic carbocycles. The van der Waals surface area contributed by atoms with E-state index in [-0.39, 0.29) is 94.4 Å². The van der Waals surface area contributed by atoms with Gasteiger partial charge in [-0.1, -0.05) is 104 Å². The first-order valence-corrected chi connectivity index (χ1v) is 40.9. The number of hydrogen-bond acceptors (Lipinski definition) is 22. The summed E-state index contributed by atoms with van der Waals surface area (Å²) in [7, 11) is 2.81. The summed E-state index contributed by atoms with van der Waals surface area (Å²) in [5, 5.41) is 73.2. The molecule has 14 amide bonds. The van der Waals surface area contributed by atoms with Gasteiger partial charge in [0, 0.05) is 95.7 Å². The zero-order valence-corrected chi connectivity index (χ0v) is 69.2. The first-order chi connectivity index (χ1) is 59.4. The molecule has 11 atom stereocenters. The molecule has 0 aliphatic carbocycles. The van der Waals surface area contributed by atoms with Crippen molar-refractivity contribution in [3.63, 3.8) is 0 Å². The molecular formula is C81H106N26O16S. The third-order valence-corrected chi connectivity index (χ3v) is 20.9. The number of thioether (sulfide) groups is 1. The quantitative estimate of drug-likeness (QED) is 0.0137. The maximum atomic E-state index is 15.4. The molecule has 0 spiro atoms. The Morgan fingerprint density at radius 3 is 1.52 bits per heavy atom. The Morgan fingerprint density at radius 2 is 0.968 bits per heavy atom. The largest absolute Gasteiger partial charge is 0.508 e. The molecular weight excluding hydrogens is 1630 g/mol. The monoisotopic (exact) mass is 1730 g/mol. The Kier molecular flexibility index (Phi) is 37.1. The summed E-state index contributed by atoms with van der Waals surface area (Å²) in [6.45, 7) is -1.23. The van der Waals surface area contributed by atoms with Crippen molar-refractivity contribution < 1.29 is 77.3 Å². The minimum Gasteiger partial charge on any atom is -0.508 e. The predicted molar refractivity (Wildman–Crippen MR) is 453 cm³/mol. The molecule has 11 unspecified atom stereocenters. The fourth-order valence-electron chi connectivity index (χ4n) is 13.1. The van der Waals surface area contributed by atoms with E-state index >= 15 is 28.8 Å². The molecule has 3 aromatic heterocycles. The van der Waals surface area contributed by atoms with Crippen LogP contribution in [0.2, 0.25) is 0 Å². The molecule has 662 valence electrons. The van der Waals surface area contributed by atoms with Crippen LogP contribution in [-0.2, 0) is 113 Å². The van der Waals surface area contributed by atoms with E-state index in [1.165, 1.54) is 73.5 Å². The molecule has 0 saturated carbocycles. The Balaban J connectivity index is 1.19. The van der Waals surface area contributed by atoms with Gasteiger partial charge in [-0.05, 0) is 72.1 Å². The standard InChI is InChI=1S/C81H106N26O16S/c1-4-55-71(115)101-59(30-47-19-23-50(24-20-47)49-15-9-6-10-16-49)74(118)102-60(32-51-35-87-43-94-51)69(113)93-39-67(111)97-63(40-108)77(121)100-57(18-12-28-91-81(85)86)79(123)107(3)65(31-48-21-25-54(109)26-22-48)78(122)104-61(33-52-36-88-44-95-52)75(119)99-56(17-11-27-90-80(83)84)72(116)103-62(34-53-37-89-45-106(53)2)76(120)105-64(70(114)92-38-66(82)110)41-124-42-68(112)96-58(73(117)98-55)29-46-13-7-5-8-14-46/h5-10,13-16,19-26,35-37,43-45,55-65,108-109H,4,11-12,17-18,27-34,38-42H2,1-3H3,(H2,82,110)(H,87,94)(H,88,95)(H,92,114)(H,93,113)(H,96,112)(H,97,111)(H,98,117)(H,99,119)(H,100,121)(H,101,115)(H,102,118)(H,103,116)(H,104,122)(H,105,120)(H4,83,84,90)(H4,85,86,91). The SMILES string of the molecule is CCC1NC(=O)C(Cc2ccccc2)NC(=O)CSCC(C(=O)NCC(N)=O)NC(=O)C(Cc2cncn2C)NC(=O)C(CCCNC(=N)N)NC(=O)C(Cc2c[nH]cn2)NC(=O)C(Cc2ccc(O)cc2)N(C)C(=O)C(CCCNC(=N)N)NC(=O)C(CO)NC(=O)CNC(=O)C(Cc2c[nH]cn2)NC(=O)C(Cc2ccc(-c3ccccc3)cc2)NC1=O. The number of benzene rings is 4. The maximum Gasteiger partial charge on any atom is 0.245 e. The van der Waals surface area contributed by atoms with Crippen molar-refractivity contribution in [1.82, 2.24) is 109 Å². The van der Waals surface area contributed by atoms with Crippen LogP contribution in [0.4, 0.5) is 0 Å². The van der Waals surface area contributed by atoms with Crippen LogP contribution in [0.5, 0.6) is 5.75 Å². The van der Waals surface area contributed by atoms with Gasteiger partial charge in [0.05, 0.1) is 55.8 Å². The van der Waals surface area contributed by atoms with E-state index in [1.54, 1.807) is 68.6 Å². The third-order valence-electron chi connectivity index (χ3n) is 19.8. The summed E-state index contributed by atoms with van der Waals surface area (Å²) in [6, 6.07) is 12.9. The van der Waals surface area contributed by atoms with Crippen LogP contribution >= 0.6 is 11.8 Å². The van der Waals surface area contributed by atoms with Gasteiger partial charge in [0.1, 0.15) is 72.2 Å². The normalized spacial score (nSPS) is 21.5. The summed E-state index contributed by atoms with van der Waals surface area (Å²) >= 11 is 0.796. The Morgan fingerprint density at radius 1 is 0.508 bits per heavy atom. The molecule has 7 aromatic rings. The topological polar surface area (TPSA) is 652 Å². The molecule has 26 N–H and O–H groups in total. The second kappa shape index (κ2) is 48.3. The number of carbonyl (C=O) groups is 14. The number of rotatable bonds is 26. The van der Waals surface area contributed by atoms with Crippen molar-refractivity contribution >= 4 is 106 Å². The third kappa shape index (κ3) is 30.8. The number of aromatic amines is 2. The van der Waals surface area contributed by atoms with Gasteiger partial charge >= 0.3 is 0 Å². The van der Waals surface area contributed by atoms with Gasteiger partial charge in [-0.15, -0.1) is 11.8 Å². The minimum absolute atomic E-state index is 0.00393. The second-order valence-electron chi connectivity index (χ2n) is 29.2. The number of aryl methyl sites for hydroxylation is 1. The zero-order chi connectivity index (χ0) is 89.8. The zero-order valence-electron chi connectivity index (χ0n) is 68.4.